The molecule has 5 nitrogen and oxygen atoms in total. The van der Waals surface area contributed by atoms with Gasteiger partial charge >= 0.3 is 5.97 Å². The Morgan fingerprint density at radius 2 is 1.74 bits per heavy atom. The summed E-state index contributed by atoms with van der Waals surface area (Å²) >= 11 is 0. The first-order valence-corrected chi connectivity index (χ1v) is 9.07. The van der Waals surface area contributed by atoms with Crippen molar-refractivity contribution >= 4 is 22.8 Å². The predicted molar refractivity (Wildman–Crippen MR) is 104 cm³/mol. The zero-order valence-corrected chi connectivity index (χ0v) is 15.8. The van der Waals surface area contributed by atoms with Gasteiger partial charge in [0.05, 0.1) is 18.2 Å². The van der Waals surface area contributed by atoms with E-state index in [1.165, 1.54) is 23.4 Å². The van der Waals surface area contributed by atoms with Crippen LogP contribution in [0.25, 0.3) is 10.9 Å². The van der Waals surface area contributed by atoms with Gasteiger partial charge in [-0.15, -0.1) is 0 Å². The zero-order chi connectivity index (χ0) is 19.4. The van der Waals surface area contributed by atoms with Crippen molar-refractivity contribution in [2.24, 2.45) is 0 Å². The van der Waals surface area contributed by atoms with Crippen LogP contribution in [0.1, 0.15) is 41.0 Å². The molecule has 1 atom stereocenters. The Balaban J connectivity index is 1.94. The van der Waals surface area contributed by atoms with Crippen LogP contribution >= 0.6 is 0 Å². The smallest absolute Gasteiger partial charge is 0.340 e. The summed E-state index contributed by atoms with van der Waals surface area (Å²) in [5.41, 5.74) is 2.23. The molecule has 0 radical (unpaired) electrons. The molecule has 0 fully saturated rings. The lowest BCUT2D eigenvalue weighted by molar-refractivity contribution is 0.0602. The van der Waals surface area contributed by atoms with Gasteiger partial charge in [-0.2, -0.15) is 0 Å². The summed E-state index contributed by atoms with van der Waals surface area (Å²) in [5.74, 6) is -0.0395. The molecule has 0 spiro atoms. The Hall–Kier alpha value is -3.08. The number of rotatable bonds is 6. The van der Waals surface area contributed by atoms with E-state index >= 15 is 0 Å². The number of hydrogen-bond donors (Lipinski definition) is 0. The highest BCUT2D eigenvalue weighted by atomic mass is 16.5. The summed E-state index contributed by atoms with van der Waals surface area (Å²) in [6.07, 6.45) is 2.33. The van der Waals surface area contributed by atoms with E-state index in [1.807, 2.05) is 49.4 Å². The molecular formula is C22H23NO4. The number of para-hydroxylation sites is 1. The molecule has 1 aromatic heterocycles. The number of ether oxygens (including phenoxy) is 2. The van der Waals surface area contributed by atoms with Gasteiger partial charge in [0.25, 0.3) is 5.91 Å². The molecule has 1 heterocycles. The molecule has 0 N–H and O–H groups in total. The Morgan fingerprint density at radius 1 is 1.04 bits per heavy atom. The van der Waals surface area contributed by atoms with E-state index in [0.29, 0.717) is 28.6 Å². The number of fused-ring (bicyclic) bond motifs is 1. The number of carbonyl (C=O) groups excluding carboxylic acids is 2. The molecule has 3 aromatic rings. The molecule has 2 aromatic carbocycles. The van der Waals surface area contributed by atoms with Gasteiger partial charge in [0.15, 0.2) is 6.10 Å². The second-order valence-electron chi connectivity index (χ2n) is 6.27. The average Bonchev–Trinajstić information content (AvgIpc) is 3.11. The maximum Gasteiger partial charge on any atom is 0.340 e. The summed E-state index contributed by atoms with van der Waals surface area (Å²) in [4.78, 5) is 25.2. The molecule has 0 aliphatic rings. The minimum Gasteiger partial charge on any atom is -0.481 e. The number of benzene rings is 2. The van der Waals surface area contributed by atoms with Crippen LogP contribution in [0, 0.1) is 0 Å². The third kappa shape index (κ3) is 3.72. The van der Waals surface area contributed by atoms with Gasteiger partial charge in [-0.1, -0.05) is 44.2 Å². The number of esters is 1. The second-order valence-corrected chi connectivity index (χ2v) is 6.27. The minimum atomic E-state index is -0.654. The van der Waals surface area contributed by atoms with Crippen LogP contribution in [-0.2, 0) is 11.2 Å². The Bertz CT molecular complexity index is 956. The van der Waals surface area contributed by atoms with Crippen LogP contribution in [0.3, 0.4) is 0 Å². The van der Waals surface area contributed by atoms with E-state index in [0.717, 1.165) is 6.42 Å². The fourth-order valence-electron chi connectivity index (χ4n) is 3.07. The maximum absolute atomic E-state index is 13.1. The standard InChI is InChI=1S/C22H23NO4/c1-4-15-10-12-16(13-11-15)27-20(5-2)21(24)23-14-18(22(25)26-3)17-8-6-7-9-19(17)23/h6-14,20H,4-5H2,1-3H3/t20-/m0/s1. The van der Waals surface area contributed by atoms with Crippen molar-refractivity contribution in [1.29, 1.82) is 0 Å². The monoisotopic (exact) mass is 365 g/mol. The maximum atomic E-state index is 13.1. The Morgan fingerprint density at radius 3 is 2.37 bits per heavy atom. The third-order valence-corrected chi connectivity index (χ3v) is 4.61. The van der Waals surface area contributed by atoms with Crippen LogP contribution in [0.2, 0.25) is 0 Å². The van der Waals surface area contributed by atoms with E-state index in [9.17, 15) is 9.59 Å². The number of aryl methyl sites for hydroxylation is 1. The Kier molecular flexibility index (Phi) is 5.60. The van der Waals surface area contributed by atoms with E-state index in [1.54, 1.807) is 6.07 Å². The van der Waals surface area contributed by atoms with Crippen molar-refractivity contribution in [2.45, 2.75) is 32.8 Å². The van der Waals surface area contributed by atoms with E-state index in [4.69, 9.17) is 9.47 Å². The van der Waals surface area contributed by atoms with E-state index in [2.05, 4.69) is 6.92 Å². The van der Waals surface area contributed by atoms with Crippen molar-refractivity contribution in [1.82, 2.24) is 4.57 Å². The van der Waals surface area contributed by atoms with Crippen molar-refractivity contribution in [2.75, 3.05) is 7.11 Å². The summed E-state index contributed by atoms with van der Waals surface area (Å²) in [6, 6.07) is 15.0. The third-order valence-electron chi connectivity index (χ3n) is 4.61. The predicted octanol–water partition coefficient (Wildman–Crippen LogP) is 4.49. The molecule has 0 aliphatic carbocycles. The van der Waals surface area contributed by atoms with Gasteiger partial charge in [-0.05, 0) is 36.6 Å². The fraction of sp³-hybridized carbons (Fsp3) is 0.273. The highest BCUT2D eigenvalue weighted by molar-refractivity contribution is 6.07. The lowest BCUT2D eigenvalue weighted by Gasteiger charge is -2.17. The number of nitrogens with zero attached hydrogens (tertiary/aromatic N) is 1. The second kappa shape index (κ2) is 8.08. The molecule has 0 bridgehead atoms. The van der Waals surface area contributed by atoms with Gasteiger partial charge in [0.1, 0.15) is 5.75 Å². The fourth-order valence-corrected chi connectivity index (χ4v) is 3.07. The van der Waals surface area contributed by atoms with Crippen LogP contribution in [-0.4, -0.2) is 29.7 Å². The summed E-state index contributed by atoms with van der Waals surface area (Å²) in [6.45, 7) is 3.99. The van der Waals surface area contributed by atoms with Crippen LogP contribution in [0.4, 0.5) is 0 Å². The van der Waals surface area contributed by atoms with Crippen LogP contribution in [0.15, 0.2) is 54.7 Å². The molecule has 0 aliphatic heterocycles. The highest BCUT2D eigenvalue weighted by Crippen LogP contribution is 2.24. The Labute approximate surface area is 158 Å². The molecule has 140 valence electrons. The van der Waals surface area contributed by atoms with Crippen molar-refractivity contribution in [3.05, 3.63) is 65.9 Å². The summed E-state index contributed by atoms with van der Waals surface area (Å²) in [5, 5.41) is 0.680. The number of hydrogen-bond acceptors (Lipinski definition) is 4. The molecule has 3 rings (SSSR count). The van der Waals surface area contributed by atoms with Crippen LogP contribution in [0.5, 0.6) is 5.75 Å². The first-order valence-electron chi connectivity index (χ1n) is 9.07. The molecule has 5 heteroatoms. The average molecular weight is 365 g/mol. The quantitative estimate of drug-likeness (QED) is 0.604. The van der Waals surface area contributed by atoms with Gasteiger partial charge < -0.3 is 9.47 Å². The highest BCUT2D eigenvalue weighted by Gasteiger charge is 2.25. The van der Waals surface area contributed by atoms with E-state index < -0.39 is 12.1 Å². The molecule has 0 unspecified atom stereocenters. The molecule has 27 heavy (non-hydrogen) atoms. The molecule has 0 saturated carbocycles. The topological polar surface area (TPSA) is 57.5 Å². The largest absolute Gasteiger partial charge is 0.481 e. The van der Waals surface area contributed by atoms with Crippen molar-refractivity contribution in [3.63, 3.8) is 0 Å². The SMILES string of the molecule is CCc1ccc(O[C@@H](CC)C(=O)n2cc(C(=O)OC)c3ccccc32)cc1. The summed E-state index contributed by atoms with van der Waals surface area (Å²) in [7, 11) is 1.33. The molecular weight excluding hydrogens is 342 g/mol. The normalized spacial score (nSPS) is 12.0. The van der Waals surface area contributed by atoms with Crippen molar-refractivity contribution < 1.29 is 19.1 Å². The number of aromatic nitrogens is 1. The number of methoxy groups -OCH3 is 1. The van der Waals surface area contributed by atoms with Gasteiger partial charge in [0.2, 0.25) is 0 Å². The minimum absolute atomic E-state index is 0.219. The van der Waals surface area contributed by atoms with E-state index in [-0.39, 0.29) is 5.91 Å². The lowest BCUT2D eigenvalue weighted by atomic mass is 10.1. The molecule has 0 saturated heterocycles. The molecule has 0 amide bonds. The first kappa shape index (κ1) is 18.7. The lowest BCUT2D eigenvalue weighted by Crippen LogP contribution is -2.31. The number of carbonyl (C=O) groups is 2. The summed E-state index contributed by atoms with van der Waals surface area (Å²) < 4.78 is 12.3. The zero-order valence-electron chi connectivity index (χ0n) is 15.8. The first-order chi connectivity index (χ1) is 13.1. The van der Waals surface area contributed by atoms with Gasteiger partial charge in [-0.3, -0.25) is 9.36 Å². The van der Waals surface area contributed by atoms with Gasteiger partial charge in [0, 0.05) is 11.6 Å². The van der Waals surface area contributed by atoms with Crippen LogP contribution < -0.4 is 4.74 Å². The van der Waals surface area contributed by atoms with Gasteiger partial charge in [-0.25, -0.2) is 4.79 Å². The van der Waals surface area contributed by atoms with Crippen molar-refractivity contribution in [3.8, 4) is 5.75 Å².